The predicted octanol–water partition coefficient (Wildman–Crippen LogP) is 1.92. The molecule has 11 heavy (non-hydrogen) atoms. The van der Waals surface area contributed by atoms with E-state index in [4.69, 9.17) is 0 Å². The third-order valence-electron chi connectivity index (χ3n) is 1.56. The zero-order valence-electron chi connectivity index (χ0n) is 7.42. The lowest BCUT2D eigenvalue weighted by Crippen LogP contribution is -2.13. The van der Waals surface area contributed by atoms with E-state index < -0.39 is 0 Å². The summed E-state index contributed by atoms with van der Waals surface area (Å²) in [7, 11) is 1.34. The van der Waals surface area contributed by atoms with Gasteiger partial charge in [-0.05, 0) is 6.42 Å². The summed E-state index contributed by atoms with van der Waals surface area (Å²) in [4.78, 5) is 19.5. The summed E-state index contributed by atoms with van der Waals surface area (Å²) < 4.78 is 0. The number of hydrogen-bond acceptors (Lipinski definition) is 3. The van der Waals surface area contributed by atoms with Crippen LogP contribution in [0, 0.1) is 5.92 Å². The Hall–Kier alpha value is -0.570. The number of carbonyl (C=O) groups excluding carboxylic acids is 1. The summed E-state index contributed by atoms with van der Waals surface area (Å²) in [6.07, 6.45) is 3.03. The molecule has 0 saturated heterocycles. The Kier molecular flexibility index (Phi) is 5.84. The van der Waals surface area contributed by atoms with Gasteiger partial charge in [-0.1, -0.05) is 26.7 Å². The number of carbonyl (C=O) groups is 1. The molecule has 0 heterocycles. The van der Waals surface area contributed by atoms with Crippen LogP contribution in [0.15, 0.2) is 0 Å². The van der Waals surface area contributed by atoms with Crippen LogP contribution in [0.2, 0.25) is 0 Å². The minimum Gasteiger partial charge on any atom is -0.298 e. The number of rotatable bonds is 5. The van der Waals surface area contributed by atoms with E-state index in [1.54, 1.807) is 0 Å². The van der Waals surface area contributed by atoms with Gasteiger partial charge in [-0.2, -0.15) is 4.89 Å². The fraction of sp³-hybridized carbons (Fsp3) is 0.875. The van der Waals surface area contributed by atoms with Crippen molar-refractivity contribution in [3.8, 4) is 0 Å². The SMILES string of the molecule is CCCCC(C)C(=O)OOC. The molecule has 0 aliphatic heterocycles. The number of unbranched alkanes of at least 4 members (excludes halogenated alkanes) is 1. The zero-order chi connectivity index (χ0) is 8.69. The summed E-state index contributed by atoms with van der Waals surface area (Å²) >= 11 is 0. The van der Waals surface area contributed by atoms with E-state index in [0.717, 1.165) is 19.3 Å². The molecule has 0 aliphatic carbocycles. The van der Waals surface area contributed by atoms with Crippen LogP contribution in [-0.4, -0.2) is 13.1 Å². The molecule has 0 radical (unpaired) electrons. The van der Waals surface area contributed by atoms with Crippen LogP contribution in [0.25, 0.3) is 0 Å². The van der Waals surface area contributed by atoms with Crippen molar-refractivity contribution in [3.05, 3.63) is 0 Å². The van der Waals surface area contributed by atoms with Crippen molar-refractivity contribution in [1.29, 1.82) is 0 Å². The van der Waals surface area contributed by atoms with Gasteiger partial charge in [0.2, 0.25) is 0 Å². The quantitative estimate of drug-likeness (QED) is 0.455. The Morgan fingerprint density at radius 3 is 2.64 bits per heavy atom. The fourth-order valence-corrected chi connectivity index (χ4v) is 0.792. The van der Waals surface area contributed by atoms with Crippen LogP contribution in [0.1, 0.15) is 33.1 Å². The van der Waals surface area contributed by atoms with Gasteiger partial charge < -0.3 is 0 Å². The van der Waals surface area contributed by atoms with E-state index in [1.165, 1.54) is 7.11 Å². The summed E-state index contributed by atoms with van der Waals surface area (Å²) in [5, 5.41) is 0. The van der Waals surface area contributed by atoms with Gasteiger partial charge in [0, 0.05) is 0 Å². The third kappa shape index (κ3) is 4.79. The topological polar surface area (TPSA) is 35.5 Å². The van der Waals surface area contributed by atoms with Crippen LogP contribution in [-0.2, 0) is 14.6 Å². The first-order chi connectivity index (χ1) is 5.22. The molecule has 0 N–H and O–H groups in total. The van der Waals surface area contributed by atoms with Gasteiger partial charge in [0.15, 0.2) is 0 Å². The highest BCUT2D eigenvalue weighted by Crippen LogP contribution is 2.08. The smallest absolute Gasteiger partial charge is 0.298 e. The van der Waals surface area contributed by atoms with Gasteiger partial charge in [-0.3, -0.25) is 4.89 Å². The van der Waals surface area contributed by atoms with Gasteiger partial charge in [-0.15, -0.1) is 0 Å². The summed E-state index contributed by atoms with van der Waals surface area (Å²) in [6.45, 7) is 3.94. The summed E-state index contributed by atoms with van der Waals surface area (Å²) in [5.74, 6) is -0.323. The highest BCUT2D eigenvalue weighted by molar-refractivity contribution is 5.71. The minimum absolute atomic E-state index is 0.0464. The Bertz CT molecular complexity index is 112. The molecule has 1 unspecified atom stereocenters. The lowest BCUT2D eigenvalue weighted by molar-refractivity contribution is -0.258. The van der Waals surface area contributed by atoms with Crippen molar-refractivity contribution in [2.75, 3.05) is 7.11 Å². The molecule has 0 amide bonds. The third-order valence-corrected chi connectivity index (χ3v) is 1.56. The standard InChI is InChI=1S/C8H16O3/c1-4-5-6-7(2)8(9)11-10-3/h7H,4-6H2,1-3H3. The van der Waals surface area contributed by atoms with Gasteiger partial charge in [0.05, 0.1) is 13.0 Å². The fourth-order valence-electron chi connectivity index (χ4n) is 0.792. The van der Waals surface area contributed by atoms with Crippen LogP contribution >= 0.6 is 0 Å². The molecule has 0 spiro atoms. The maximum atomic E-state index is 10.9. The van der Waals surface area contributed by atoms with Crippen LogP contribution in [0.4, 0.5) is 0 Å². The molecule has 0 aromatic carbocycles. The Morgan fingerprint density at radius 2 is 2.18 bits per heavy atom. The van der Waals surface area contributed by atoms with Gasteiger partial charge in [0.25, 0.3) is 0 Å². The van der Waals surface area contributed by atoms with Gasteiger partial charge in [0.1, 0.15) is 0 Å². The average Bonchev–Trinajstić information content (AvgIpc) is 2.00. The zero-order valence-corrected chi connectivity index (χ0v) is 7.42. The first-order valence-electron chi connectivity index (χ1n) is 3.96. The molecule has 0 aromatic rings. The first kappa shape index (κ1) is 10.4. The van der Waals surface area contributed by atoms with Gasteiger partial charge in [-0.25, -0.2) is 4.79 Å². The monoisotopic (exact) mass is 160 g/mol. The van der Waals surface area contributed by atoms with E-state index in [-0.39, 0.29) is 11.9 Å². The Labute approximate surface area is 67.6 Å². The molecular formula is C8H16O3. The predicted molar refractivity (Wildman–Crippen MR) is 41.8 cm³/mol. The maximum Gasteiger partial charge on any atom is 0.345 e. The van der Waals surface area contributed by atoms with Crippen molar-refractivity contribution in [2.45, 2.75) is 33.1 Å². The second kappa shape index (κ2) is 6.16. The largest absolute Gasteiger partial charge is 0.345 e. The normalized spacial score (nSPS) is 12.6. The molecule has 0 aromatic heterocycles. The van der Waals surface area contributed by atoms with E-state index in [1.807, 2.05) is 6.92 Å². The summed E-state index contributed by atoms with van der Waals surface area (Å²) in [6, 6.07) is 0. The van der Waals surface area contributed by atoms with E-state index in [0.29, 0.717) is 0 Å². The van der Waals surface area contributed by atoms with E-state index in [9.17, 15) is 4.79 Å². The van der Waals surface area contributed by atoms with Crippen LogP contribution in [0.3, 0.4) is 0 Å². The highest BCUT2D eigenvalue weighted by Gasteiger charge is 2.13. The molecule has 66 valence electrons. The molecule has 0 rings (SSSR count). The van der Waals surface area contributed by atoms with Crippen molar-refractivity contribution >= 4 is 5.97 Å². The second-order valence-corrected chi connectivity index (χ2v) is 2.61. The van der Waals surface area contributed by atoms with Crippen LogP contribution in [0.5, 0.6) is 0 Å². The Morgan fingerprint density at radius 1 is 1.55 bits per heavy atom. The molecule has 0 aliphatic rings. The van der Waals surface area contributed by atoms with Crippen molar-refractivity contribution in [1.82, 2.24) is 0 Å². The molecule has 0 fully saturated rings. The number of hydrogen-bond donors (Lipinski definition) is 0. The minimum atomic E-state index is -0.277. The van der Waals surface area contributed by atoms with Crippen molar-refractivity contribution in [3.63, 3.8) is 0 Å². The van der Waals surface area contributed by atoms with Crippen LogP contribution < -0.4 is 0 Å². The molecular weight excluding hydrogens is 144 g/mol. The lowest BCUT2D eigenvalue weighted by atomic mass is 10.1. The summed E-state index contributed by atoms with van der Waals surface area (Å²) in [5.41, 5.74) is 0. The molecule has 3 heteroatoms. The van der Waals surface area contributed by atoms with Gasteiger partial charge >= 0.3 is 5.97 Å². The maximum absolute atomic E-state index is 10.9. The molecule has 3 nitrogen and oxygen atoms in total. The van der Waals surface area contributed by atoms with E-state index in [2.05, 4.69) is 16.7 Å². The average molecular weight is 160 g/mol. The Balaban J connectivity index is 3.46. The van der Waals surface area contributed by atoms with E-state index >= 15 is 0 Å². The van der Waals surface area contributed by atoms with Crippen molar-refractivity contribution < 1.29 is 14.6 Å². The second-order valence-electron chi connectivity index (χ2n) is 2.61. The highest BCUT2D eigenvalue weighted by atomic mass is 17.2. The first-order valence-corrected chi connectivity index (χ1v) is 3.96. The van der Waals surface area contributed by atoms with Crippen molar-refractivity contribution in [2.24, 2.45) is 5.92 Å². The molecule has 0 saturated carbocycles. The lowest BCUT2D eigenvalue weighted by Gasteiger charge is -2.06. The molecule has 0 bridgehead atoms. The molecule has 1 atom stereocenters.